The predicted octanol–water partition coefficient (Wildman–Crippen LogP) is 2.10. The Labute approximate surface area is 130 Å². The fraction of sp³-hybridized carbons (Fsp3) is 0.786. The molecule has 6 nitrogen and oxygen atoms in total. The molecule has 2 rings (SSSR count). The Morgan fingerprint density at radius 3 is 2.86 bits per heavy atom. The molecule has 0 aliphatic heterocycles. The average molecular weight is 312 g/mol. The molecule has 7 heteroatoms. The summed E-state index contributed by atoms with van der Waals surface area (Å²) >= 11 is 5.12. The number of ether oxygens (including phenoxy) is 1. The van der Waals surface area contributed by atoms with Gasteiger partial charge in [0.1, 0.15) is 11.9 Å². The number of aromatic amines is 1. The first-order valence-corrected chi connectivity index (χ1v) is 8.03. The van der Waals surface area contributed by atoms with E-state index in [9.17, 15) is 4.79 Å². The van der Waals surface area contributed by atoms with Crippen molar-refractivity contribution in [2.45, 2.75) is 64.7 Å². The first-order chi connectivity index (χ1) is 10.1. The summed E-state index contributed by atoms with van der Waals surface area (Å²) in [7, 11) is 0. The van der Waals surface area contributed by atoms with Crippen molar-refractivity contribution in [1.29, 1.82) is 0 Å². The molecule has 1 unspecified atom stereocenters. The molecular weight excluding hydrogens is 288 g/mol. The van der Waals surface area contributed by atoms with E-state index < -0.39 is 6.10 Å². The summed E-state index contributed by atoms with van der Waals surface area (Å²) in [5.74, 6) is 0.758. The van der Waals surface area contributed by atoms with Crippen LogP contribution in [0.15, 0.2) is 0 Å². The topological polar surface area (TPSA) is 71.9 Å². The molecule has 1 aliphatic carbocycles. The van der Waals surface area contributed by atoms with E-state index in [1.807, 2.05) is 18.4 Å². The van der Waals surface area contributed by atoms with Crippen LogP contribution in [0.2, 0.25) is 0 Å². The van der Waals surface area contributed by atoms with E-state index >= 15 is 0 Å². The maximum atomic E-state index is 12.0. The van der Waals surface area contributed by atoms with Crippen molar-refractivity contribution < 1.29 is 9.53 Å². The van der Waals surface area contributed by atoms with Gasteiger partial charge in [0.05, 0.1) is 6.10 Å². The zero-order chi connectivity index (χ0) is 15.2. The molecule has 1 saturated carbocycles. The molecule has 1 aliphatic rings. The monoisotopic (exact) mass is 312 g/mol. The van der Waals surface area contributed by atoms with Crippen molar-refractivity contribution >= 4 is 18.1 Å². The van der Waals surface area contributed by atoms with Gasteiger partial charge in [0.2, 0.25) is 5.91 Å². The first kappa shape index (κ1) is 16.2. The second-order valence-corrected chi connectivity index (χ2v) is 5.94. The normalized spacial score (nSPS) is 17.6. The highest BCUT2D eigenvalue weighted by Gasteiger charge is 2.20. The van der Waals surface area contributed by atoms with E-state index in [1.165, 1.54) is 19.3 Å². The highest BCUT2D eigenvalue weighted by molar-refractivity contribution is 7.71. The van der Waals surface area contributed by atoms with Crippen LogP contribution in [0.1, 0.15) is 44.9 Å². The summed E-state index contributed by atoms with van der Waals surface area (Å²) in [4.78, 5) is 12.0. The first-order valence-electron chi connectivity index (χ1n) is 7.63. The van der Waals surface area contributed by atoms with Crippen LogP contribution in [0.25, 0.3) is 0 Å². The minimum atomic E-state index is -0.397. The molecule has 0 spiro atoms. The van der Waals surface area contributed by atoms with E-state index in [4.69, 9.17) is 17.0 Å². The zero-order valence-corrected chi connectivity index (χ0v) is 13.5. The predicted molar refractivity (Wildman–Crippen MR) is 82.6 cm³/mol. The molecule has 0 saturated heterocycles. The van der Waals surface area contributed by atoms with Crippen LogP contribution in [-0.4, -0.2) is 39.4 Å². The molecule has 0 radical (unpaired) electrons. The van der Waals surface area contributed by atoms with Gasteiger partial charge in [-0.15, -0.1) is 0 Å². The molecule has 1 atom stereocenters. The number of rotatable bonds is 6. The van der Waals surface area contributed by atoms with Crippen molar-refractivity contribution in [3.05, 3.63) is 10.6 Å². The number of aromatic nitrogens is 3. The van der Waals surface area contributed by atoms with E-state index in [-0.39, 0.29) is 12.0 Å². The smallest absolute Gasteiger partial charge is 0.248 e. The highest BCUT2D eigenvalue weighted by atomic mass is 32.1. The summed E-state index contributed by atoms with van der Waals surface area (Å²) in [5, 5.41) is 9.66. The molecule has 21 heavy (non-hydrogen) atoms. The van der Waals surface area contributed by atoms with Crippen LogP contribution >= 0.6 is 12.2 Å². The summed E-state index contributed by atoms with van der Waals surface area (Å²) in [5.41, 5.74) is 0. The van der Waals surface area contributed by atoms with Crippen LogP contribution in [-0.2, 0) is 16.1 Å². The zero-order valence-electron chi connectivity index (χ0n) is 12.7. The maximum Gasteiger partial charge on any atom is 0.248 e. The maximum absolute atomic E-state index is 12.0. The van der Waals surface area contributed by atoms with Gasteiger partial charge in [0.25, 0.3) is 0 Å². The molecule has 0 bridgehead atoms. The Kier molecular flexibility index (Phi) is 5.93. The summed E-state index contributed by atoms with van der Waals surface area (Å²) in [6.07, 6.45) is 5.68. The molecule has 1 aromatic rings. The van der Waals surface area contributed by atoms with E-state index in [2.05, 4.69) is 15.5 Å². The number of nitrogens with one attached hydrogen (secondary N) is 2. The lowest BCUT2D eigenvalue weighted by atomic mass is 9.97. The van der Waals surface area contributed by atoms with E-state index in [1.54, 1.807) is 0 Å². The Morgan fingerprint density at radius 1 is 1.52 bits per heavy atom. The van der Waals surface area contributed by atoms with E-state index in [0.717, 1.165) is 18.7 Å². The van der Waals surface area contributed by atoms with Crippen LogP contribution < -0.4 is 5.32 Å². The fourth-order valence-electron chi connectivity index (χ4n) is 2.65. The number of hydrogen-bond donors (Lipinski definition) is 2. The second-order valence-electron chi connectivity index (χ2n) is 5.56. The number of carbonyl (C=O) groups is 1. The van der Waals surface area contributed by atoms with Crippen LogP contribution in [0.5, 0.6) is 0 Å². The van der Waals surface area contributed by atoms with Gasteiger partial charge in [0.15, 0.2) is 4.77 Å². The van der Waals surface area contributed by atoms with Gasteiger partial charge >= 0.3 is 0 Å². The Bertz CT molecular complexity index is 519. The van der Waals surface area contributed by atoms with Gasteiger partial charge in [-0.25, -0.2) is 0 Å². The Balaban J connectivity index is 1.72. The summed E-state index contributed by atoms with van der Waals surface area (Å²) in [6.45, 7) is 4.83. The van der Waals surface area contributed by atoms with Crippen molar-refractivity contribution in [3.8, 4) is 0 Å². The average Bonchev–Trinajstić information content (AvgIpc) is 2.80. The van der Waals surface area contributed by atoms with Gasteiger partial charge in [-0.05, 0) is 38.9 Å². The standard InChI is InChI=1S/C14H24N4O2S/c1-10(20-12-6-4-3-5-7-12)13(19)15-8-9-18-11(2)16-17-14(18)21/h10,12H,3-9H2,1-2H3,(H,15,19)(H,17,21). The number of aryl methyl sites for hydroxylation is 1. The Morgan fingerprint density at radius 2 is 2.24 bits per heavy atom. The number of amides is 1. The number of hydrogen-bond acceptors (Lipinski definition) is 4. The lowest BCUT2D eigenvalue weighted by molar-refractivity contribution is -0.136. The van der Waals surface area contributed by atoms with Crippen LogP contribution in [0.3, 0.4) is 0 Å². The largest absolute Gasteiger partial charge is 0.365 e. The summed E-state index contributed by atoms with van der Waals surface area (Å²) in [6, 6.07) is 0. The number of H-pyrrole nitrogens is 1. The molecule has 1 heterocycles. The molecule has 1 amide bonds. The van der Waals surface area contributed by atoms with Gasteiger partial charge in [0, 0.05) is 13.1 Å². The lowest BCUT2D eigenvalue weighted by Gasteiger charge is -2.25. The lowest BCUT2D eigenvalue weighted by Crippen LogP contribution is -2.38. The number of carbonyl (C=O) groups excluding carboxylic acids is 1. The molecule has 1 aromatic heterocycles. The second kappa shape index (κ2) is 7.70. The van der Waals surface area contributed by atoms with Crippen LogP contribution in [0, 0.1) is 11.7 Å². The van der Waals surface area contributed by atoms with Gasteiger partial charge in [-0.1, -0.05) is 19.3 Å². The Hall–Kier alpha value is -1.21. The minimum absolute atomic E-state index is 0.0618. The molecule has 118 valence electrons. The van der Waals surface area contributed by atoms with Gasteiger partial charge in [-0.2, -0.15) is 5.10 Å². The molecule has 2 N–H and O–H groups in total. The van der Waals surface area contributed by atoms with Crippen molar-refractivity contribution in [2.75, 3.05) is 6.54 Å². The van der Waals surface area contributed by atoms with Crippen molar-refractivity contribution in [1.82, 2.24) is 20.1 Å². The summed E-state index contributed by atoms with van der Waals surface area (Å²) < 4.78 is 8.27. The van der Waals surface area contributed by atoms with Gasteiger partial charge in [-0.3, -0.25) is 9.89 Å². The van der Waals surface area contributed by atoms with Gasteiger partial charge < -0.3 is 14.6 Å². The SMILES string of the molecule is Cc1n[nH]c(=S)n1CCNC(=O)C(C)OC1CCCCC1. The highest BCUT2D eigenvalue weighted by Crippen LogP contribution is 2.21. The minimum Gasteiger partial charge on any atom is -0.365 e. The third kappa shape index (κ3) is 4.64. The van der Waals surface area contributed by atoms with Crippen molar-refractivity contribution in [3.63, 3.8) is 0 Å². The molecular formula is C14H24N4O2S. The quantitative estimate of drug-likeness (QED) is 0.789. The van der Waals surface area contributed by atoms with Crippen molar-refractivity contribution in [2.24, 2.45) is 0 Å². The van der Waals surface area contributed by atoms with Crippen LogP contribution in [0.4, 0.5) is 0 Å². The molecule has 0 aromatic carbocycles. The third-order valence-corrected chi connectivity index (χ3v) is 4.21. The van der Waals surface area contributed by atoms with E-state index in [0.29, 0.717) is 17.9 Å². The fourth-order valence-corrected chi connectivity index (χ4v) is 2.92. The third-order valence-electron chi connectivity index (χ3n) is 3.90. The number of nitrogens with zero attached hydrogens (tertiary/aromatic N) is 2. The molecule has 1 fully saturated rings.